The van der Waals surface area contributed by atoms with Crippen molar-refractivity contribution in [2.45, 2.75) is 25.4 Å². The van der Waals surface area contributed by atoms with E-state index in [4.69, 9.17) is 9.47 Å². The second-order valence-corrected chi connectivity index (χ2v) is 4.43. The standard InChI is InChI=1S/C12H24N2O3.ClH/c1-14(10-11-5-3-4-7-17-11)12(15)9-13-6-8-16-2;/h11,13H,3-10H2,1-2H3;1H. The van der Waals surface area contributed by atoms with Crippen molar-refractivity contribution >= 4 is 18.3 Å². The molecule has 1 amide bonds. The minimum atomic E-state index is 0. The Kier molecular flexibility index (Phi) is 10.3. The first-order chi connectivity index (χ1) is 8.24. The lowest BCUT2D eigenvalue weighted by Crippen LogP contribution is -2.41. The van der Waals surface area contributed by atoms with Gasteiger partial charge in [-0.05, 0) is 19.3 Å². The molecule has 0 aliphatic carbocycles. The number of ether oxygens (including phenoxy) is 2. The van der Waals surface area contributed by atoms with Gasteiger partial charge in [0.15, 0.2) is 0 Å². The molecule has 0 spiro atoms. The van der Waals surface area contributed by atoms with Crippen LogP contribution in [0.5, 0.6) is 0 Å². The second kappa shape index (κ2) is 10.6. The van der Waals surface area contributed by atoms with E-state index in [1.165, 1.54) is 6.42 Å². The number of hydrogen-bond acceptors (Lipinski definition) is 4. The van der Waals surface area contributed by atoms with Crippen molar-refractivity contribution in [3.63, 3.8) is 0 Å². The van der Waals surface area contributed by atoms with Gasteiger partial charge < -0.3 is 19.7 Å². The highest BCUT2D eigenvalue weighted by Gasteiger charge is 2.18. The number of halogens is 1. The van der Waals surface area contributed by atoms with E-state index < -0.39 is 0 Å². The molecule has 1 N–H and O–H groups in total. The van der Waals surface area contributed by atoms with Crippen LogP contribution in [0.25, 0.3) is 0 Å². The van der Waals surface area contributed by atoms with Gasteiger partial charge in [-0.25, -0.2) is 0 Å². The average molecular weight is 281 g/mol. The van der Waals surface area contributed by atoms with Crippen LogP contribution in [0.2, 0.25) is 0 Å². The minimum Gasteiger partial charge on any atom is -0.383 e. The van der Waals surface area contributed by atoms with Crippen LogP contribution in [0.15, 0.2) is 0 Å². The van der Waals surface area contributed by atoms with Crippen LogP contribution in [0, 0.1) is 0 Å². The fourth-order valence-electron chi connectivity index (χ4n) is 1.86. The van der Waals surface area contributed by atoms with Crippen LogP contribution >= 0.6 is 12.4 Å². The zero-order chi connectivity index (χ0) is 12.5. The van der Waals surface area contributed by atoms with Crippen LogP contribution < -0.4 is 5.32 Å². The third-order valence-corrected chi connectivity index (χ3v) is 2.94. The van der Waals surface area contributed by atoms with Gasteiger partial charge in [-0.1, -0.05) is 0 Å². The highest BCUT2D eigenvalue weighted by molar-refractivity contribution is 5.85. The van der Waals surface area contributed by atoms with E-state index in [1.807, 2.05) is 7.05 Å². The number of carbonyl (C=O) groups excluding carboxylic acids is 1. The van der Waals surface area contributed by atoms with E-state index in [0.29, 0.717) is 26.2 Å². The second-order valence-electron chi connectivity index (χ2n) is 4.43. The minimum absolute atomic E-state index is 0. The molecular weight excluding hydrogens is 256 g/mol. The first kappa shape index (κ1) is 17.6. The lowest BCUT2D eigenvalue weighted by Gasteiger charge is -2.27. The van der Waals surface area contributed by atoms with Crippen molar-refractivity contribution in [1.82, 2.24) is 10.2 Å². The molecule has 0 aromatic carbocycles. The predicted molar refractivity (Wildman–Crippen MR) is 73.2 cm³/mol. The molecule has 0 aromatic rings. The van der Waals surface area contributed by atoms with E-state index in [9.17, 15) is 4.79 Å². The number of likely N-dealkylation sites (N-methyl/N-ethyl adjacent to an activating group) is 1. The molecule has 0 radical (unpaired) electrons. The smallest absolute Gasteiger partial charge is 0.236 e. The molecule has 108 valence electrons. The largest absolute Gasteiger partial charge is 0.383 e. The number of rotatable bonds is 7. The van der Waals surface area contributed by atoms with Gasteiger partial charge in [0, 0.05) is 33.9 Å². The van der Waals surface area contributed by atoms with Gasteiger partial charge in [-0.2, -0.15) is 0 Å². The Labute approximate surface area is 116 Å². The molecule has 1 aliphatic heterocycles. The summed E-state index contributed by atoms with van der Waals surface area (Å²) < 4.78 is 10.5. The van der Waals surface area contributed by atoms with Crippen molar-refractivity contribution in [2.24, 2.45) is 0 Å². The van der Waals surface area contributed by atoms with Crippen LogP contribution in [0.4, 0.5) is 0 Å². The van der Waals surface area contributed by atoms with Gasteiger partial charge in [-0.15, -0.1) is 12.4 Å². The summed E-state index contributed by atoms with van der Waals surface area (Å²) in [5.41, 5.74) is 0. The van der Waals surface area contributed by atoms with Gasteiger partial charge in [0.1, 0.15) is 0 Å². The molecule has 1 rings (SSSR count). The summed E-state index contributed by atoms with van der Waals surface area (Å²) in [5.74, 6) is 0.107. The third-order valence-electron chi connectivity index (χ3n) is 2.94. The Balaban J connectivity index is 0.00000289. The molecule has 1 heterocycles. The Morgan fingerprint density at radius 2 is 2.28 bits per heavy atom. The number of amides is 1. The van der Waals surface area contributed by atoms with Gasteiger partial charge in [-0.3, -0.25) is 4.79 Å². The third kappa shape index (κ3) is 7.16. The highest BCUT2D eigenvalue weighted by atomic mass is 35.5. The lowest BCUT2D eigenvalue weighted by molar-refractivity contribution is -0.131. The average Bonchev–Trinajstić information content (AvgIpc) is 2.35. The summed E-state index contributed by atoms with van der Waals surface area (Å²) in [5, 5.41) is 3.05. The fourth-order valence-corrected chi connectivity index (χ4v) is 1.86. The lowest BCUT2D eigenvalue weighted by atomic mass is 10.1. The zero-order valence-electron chi connectivity index (χ0n) is 11.3. The van der Waals surface area contributed by atoms with Crippen molar-refractivity contribution in [1.29, 1.82) is 0 Å². The summed E-state index contributed by atoms with van der Waals surface area (Å²) in [7, 11) is 3.48. The summed E-state index contributed by atoms with van der Waals surface area (Å²) >= 11 is 0. The molecule has 1 atom stereocenters. The summed E-state index contributed by atoms with van der Waals surface area (Å²) in [6.45, 7) is 3.23. The topological polar surface area (TPSA) is 50.8 Å². The number of methoxy groups -OCH3 is 1. The van der Waals surface area contributed by atoms with Crippen LogP contribution in [0.1, 0.15) is 19.3 Å². The molecule has 5 nitrogen and oxygen atoms in total. The van der Waals surface area contributed by atoms with Gasteiger partial charge in [0.25, 0.3) is 0 Å². The van der Waals surface area contributed by atoms with Crippen molar-refractivity contribution < 1.29 is 14.3 Å². The maximum absolute atomic E-state index is 11.7. The molecule has 1 aliphatic rings. The summed E-state index contributed by atoms with van der Waals surface area (Å²) in [6, 6.07) is 0. The molecule has 1 saturated heterocycles. The summed E-state index contributed by atoms with van der Waals surface area (Å²) in [4.78, 5) is 13.5. The molecule has 1 unspecified atom stereocenters. The number of hydrogen-bond donors (Lipinski definition) is 1. The van der Waals surface area contributed by atoms with Gasteiger partial charge >= 0.3 is 0 Å². The van der Waals surface area contributed by atoms with E-state index >= 15 is 0 Å². The van der Waals surface area contributed by atoms with E-state index in [2.05, 4.69) is 5.32 Å². The van der Waals surface area contributed by atoms with Crippen molar-refractivity contribution in [2.75, 3.05) is 47.0 Å². The quantitative estimate of drug-likeness (QED) is 0.697. The zero-order valence-corrected chi connectivity index (χ0v) is 12.1. The Morgan fingerprint density at radius 3 is 2.89 bits per heavy atom. The first-order valence-electron chi connectivity index (χ1n) is 6.29. The number of carbonyl (C=O) groups is 1. The molecule has 18 heavy (non-hydrogen) atoms. The monoisotopic (exact) mass is 280 g/mol. The van der Waals surface area contributed by atoms with E-state index in [-0.39, 0.29) is 24.4 Å². The fraction of sp³-hybridized carbons (Fsp3) is 0.917. The maximum atomic E-state index is 11.7. The summed E-state index contributed by atoms with van der Waals surface area (Å²) in [6.07, 6.45) is 3.64. The van der Waals surface area contributed by atoms with Crippen LogP contribution in [-0.2, 0) is 14.3 Å². The Bertz CT molecular complexity index is 223. The van der Waals surface area contributed by atoms with Crippen molar-refractivity contribution in [3.8, 4) is 0 Å². The molecule has 0 saturated carbocycles. The SMILES string of the molecule is COCCNCC(=O)N(C)CC1CCCCO1.Cl. The molecular formula is C12H25ClN2O3. The molecule has 0 bridgehead atoms. The van der Waals surface area contributed by atoms with Crippen molar-refractivity contribution in [3.05, 3.63) is 0 Å². The highest BCUT2D eigenvalue weighted by Crippen LogP contribution is 2.13. The molecule has 1 fully saturated rings. The Morgan fingerprint density at radius 1 is 1.50 bits per heavy atom. The number of nitrogens with zero attached hydrogens (tertiary/aromatic N) is 1. The predicted octanol–water partition coefficient (Wildman–Crippen LogP) is 0.672. The van der Waals surface area contributed by atoms with Gasteiger partial charge in [0.05, 0.1) is 19.3 Å². The van der Waals surface area contributed by atoms with Gasteiger partial charge in [0.2, 0.25) is 5.91 Å². The van der Waals surface area contributed by atoms with E-state index in [1.54, 1.807) is 12.0 Å². The molecule has 6 heteroatoms. The number of nitrogens with one attached hydrogen (secondary N) is 1. The molecule has 0 aromatic heterocycles. The van der Waals surface area contributed by atoms with Crippen LogP contribution in [0.3, 0.4) is 0 Å². The maximum Gasteiger partial charge on any atom is 0.236 e. The first-order valence-corrected chi connectivity index (χ1v) is 6.29. The normalized spacial score (nSPS) is 19.1. The van der Waals surface area contributed by atoms with Crippen LogP contribution in [-0.4, -0.2) is 63.9 Å². The van der Waals surface area contributed by atoms with E-state index in [0.717, 1.165) is 19.4 Å². The Hall–Kier alpha value is -0.360.